The maximum atomic E-state index is 5.84. The summed E-state index contributed by atoms with van der Waals surface area (Å²) in [6, 6.07) is 11.3. The molecule has 6 nitrogen and oxygen atoms in total. The zero-order valence-corrected chi connectivity index (χ0v) is 16.0. The van der Waals surface area contributed by atoms with E-state index in [0.717, 1.165) is 44.7 Å². The monoisotopic (exact) mass is 382 g/mol. The maximum Gasteiger partial charge on any atom is 0.210 e. The molecule has 0 N–H and O–H groups in total. The zero-order valence-electron chi connectivity index (χ0n) is 15.2. The lowest BCUT2D eigenvalue weighted by molar-refractivity contribution is 0.303. The second-order valence-corrected chi connectivity index (χ2v) is 6.85. The van der Waals surface area contributed by atoms with Crippen LogP contribution in [0.5, 0.6) is 23.0 Å². The lowest BCUT2D eigenvalue weighted by Crippen LogP contribution is -2.03. The van der Waals surface area contributed by atoms with E-state index in [9.17, 15) is 0 Å². The Hall–Kier alpha value is -3.06. The number of nitrogens with zero attached hydrogens (tertiary/aromatic N) is 2. The predicted octanol–water partition coefficient (Wildman–Crippen LogP) is 4.48. The van der Waals surface area contributed by atoms with Crippen molar-refractivity contribution >= 4 is 22.7 Å². The Morgan fingerprint density at radius 2 is 1.81 bits per heavy atom. The van der Waals surface area contributed by atoms with Gasteiger partial charge in [0.05, 0.1) is 31.9 Å². The summed E-state index contributed by atoms with van der Waals surface area (Å²) in [5, 5.41) is 0.664. The minimum Gasteiger partial charge on any atom is -0.497 e. The molecule has 0 amide bonds. The van der Waals surface area contributed by atoms with Gasteiger partial charge in [0, 0.05) is 23.4 Å². The molecule has 0 spiro atoms. The van der Waals surface area contributed by atoms with Gasteiger partial charge in [-0.2, -0.15) is 0 Å². The van der Waals surface area contributed by atoms with Crippen LogP contribution in [-0.4, -0.2) is 32.5 Å². The van der Waals surface area contributed by atoms with Crippen LogP contribution in [0.25, 0.3) is 11.3 Å². The maximum absolute atomic E-state index is 5.84. The molecule has 0 bridgehead atoms. The molecule has 2 aromatic carbocycles. The van der Waals surface area contributed by atoms with Crippen LogP contribution in [-0.2, 0) is 6.61 Å². The number of benzene rings is 2. The van der Waals surface area contributed by atoms with Crippen LogP contribution in [0.4, 0.5) is 5.13 Å². The van der Waals surface area contributed by atoms with Crippen molar-refractivity contribution in [1.82, 2.24) is 4.98 Å². The van der Waals surface area contributed by atoms with Crippen molar-refractivity contribution in [3.8, 4) is 34.3 Å². The van der Waals surface area contributed by atoms with Crippen LogP contribution < -0.4 is 18.9 Å². The van der Waals surface area contributed by atoms with E-state index in [2.05, 4.69) is 9.98 Å². The van der Waals surface area contributed by atoms with Gasteiger partial charge in [-0.15, -0.1) is 0 Å². The standard InChI is InChI=1S/C20H18N2O4S/c1-23-13-5-7-16(25-3)12(8-13)10-21-20-22-19-15-6-4-14(24-2)9-17(15)26-11-18(19)27-20/h4-10H,11H2,1-3H3. The topological polar surface area (TPSA) is 62.2 Å². The zero-order chi connectivity index (χ0) is 18.8. The first-order valence-electron chi connectivity index (χ1n) is 8.29. The number of thiazole rings is 1. The number of ether oxygens (including phenoxy) is 4. The van der Waals surface area contributed by atoms with Gasteiger partial charge in [-0.25, -0.2) is 9.98 Å². The van der Waals surface area contributed by atoms with Gasteiger partial charge in [0.25, 0.3) is 0 Å². The summed E-state index contributed by atoms with van der Waals surface area (Å²) in [4.78, 5) is 10.3. The number of fused-ring (bicyclic) bond motifs is 3. The van der Waals surface area contributed by atoms with Crippen molar-refractivity contribution in [3.63, 3.8) is 0 Å². The highest BCUT2D eigenvalue weighted by atomic mass is 32.1. The number of hydrogen-bond acceptors (Lipinski definition) is 7. The lowest BCUT2D eigenvalue weighted by Gasteiger charge is -2.16. The Kier molecular flexibility index (Phi) is 4.68. The SMILES string of the molecule is COc1ccc(OC)c(C=Nc2nc3c(s2)COc2cc(OC)ccc2-3)c1. The average molecular weight is 382 g/mol. The minimum atomic E-state index is 0.477. The van der Waals surface area contributed by atoms with Crippen LogP contribution in [0.3, 0.4) is 0 Å². The van der Waals surface area contributed by atoms with Gasteiger partial charge in [0.2, 0.25) is 5.13 Å². The van der Waals surface area contributed by atoms with Gasteiger partial charge >= 0.3 is 0 Å². The smallest absolute Gasteiger partial charge is 0.210 e. The molecule has 3 aromatic rings. The van der Waals surface area contributed by atoms with E-state index in [0.29, 0.717) is 11.7 Å². The fourth-order valence-corrected chi connectivity index (χ4v) is 3.69. The fourth-order valence-electron chi connectivity index (χ4n) is 2.86. The van der Waals surface area contributed by atoms with Crippen LogP contribution >= 0.6 is 11.3 Å². The number of aromatic nitrogens is 1. The molecule has 0 saturated heterocycles. The summed E-state index contributed by atoms with van der Waals surface area (Å²) in [6.45, 7) is 0.477. The summed E-state index contributed by atoms with van der Waals surface area (Å²) in [5.74, 6) is 3.00. The molecular formula is C20H18N2O4S. The van der Waals surface area contributed by atoms with Gasteiger partial charge in [0.15, 0.2) is 0 Å². The van der Waals surface area contributed by atoms with E-state index in [-0.39, 0.29) is 0 Å². The van der Waals surface area contributed by atoms with Crippen LogP contribution in [0.15, 0.2) is 41.4 Å². The number of methoxy groups -OCH3 is 3. The molecule has 0 saturated carbocycles. The van der Waals surface area contributed by atoms with Gasteiger partial charge in [-0.1, -0.05) is 11.3 Å². The molecular weight excluding hydrogens is 364 g/mol. The van der Waals surface area contributed by atoms with Gasteiger partial charge < -0.3 is 18.9 Å². The predicted molar refractivity (Wildman–Crippen MR) is 105 cm³/mol. The van der Waals surface area contributed by atoms with E-state index in [1.807, 2.05) is 36.4 Å². The summed E-state index contributed by atoms with van der Waals surface area (Å²) >= 11 is 1.51. The van der Waals surface area contributed by atoms with Crippen molar-refractivity contribution in [1.29, 1.82) is 0 Å². The van der Waals surface area contributed by atoms with Crippen molar-refractivity contribution < 1.29 is 18.9 Å². The van der Waals surface area contributed by atoms with E-state index in [4.69, 9.17) is 18.9 Å². The Morgan fingerprint density at radius 3 is 2.59 bits per heavy atom. The molecule has 0 atom stereocenters. The molecule has 138 valence electrons. The van der Waals surface area contributed by atoms with E-state index < -0.39 is 0 Å². The highest BCUT2D eigenvalue weighted by Crippen LogP contribution is 2.43. The Balaban J connectivity index is 1.66. The normalized spacial score (nSPS) is 12.3. The van der Waals surface area contributed by atoms with Crippen LogP contribution in [0.1, 0.15) is 10.4 Å². The van der Waals surface area contributed by atoms with Crippen molar-refractivity contribution in [2.24, 2.45) is 4.99 Å². The average Bonchev–Trinajstić information content (AvgIpc) is 3.15. The summed E-state index contributed by atoms with van der Waals surface area (Å²) < 4.78 is 21.8. The quantitative estimate of drug-likeness (QED) is 0.609. The number of hydrogen-bond donors (Lipinski definition) is 0. The largest absolute Gasteiger partial charge is 0.497 e. The first-order valence-corrected chi connectivity index (χ1v) is 9.10. The fraction of sp³-hybridized carbons (Fsp3) is 0.200. The van der Waals surface area contributed by atoms with Crippen molar-refractivity contribution in [2.45, 2.75) is 6.61 Å². The van der Waals surface area contributed by atoms with Crippen molar-refractivity contribution in [3.05, 3.63) is 46.8 Å². The first-order chi connectivity index (χ1) is 13.2. The Bertz CT molecular complexity index is 1010. The molecule has 0 fully saturated rings. The van der Waals surface area contributed by atoms with Gasteiger partial charge in [0.1, 0.15) is 29.6 Å². The molecule has 1 aliphatic rings. The van der Waals surface area contributed by atoms with E-state index in [1.165, 1.54) is 11.3 Å². The highest BCUT2D eigenvalue weighted by Gasteiger charge is 2.22. The molecule has 4 rings (SSSR count). The second-order valence-electron chi connectivity index (χ2n) is 5.79. The highest BCUT2D eigenvalue weighted by molar-refractivity contribution is 7.15. The third kappa shape index (κ3) is 3.33. The third-order valence-electron chi connectivity index (χ3n) is 4.24. The summed E-state index contributed by atoms with van der Waals surface area (Å²) in [7, 11) is 4.90. The minimum absolute atomic E-state index is 0.477. The molecule has 2 heterocycles. The molecule has 27 heavy (non-hydrogen) atoms. The Labute approximate surface area is 161 Å². The number of rotatable bonds is 5. The van der Waals surface area contributed by atoms with Gasteiger partial charge in [-0.3, -0.25) is 0 Å². The third-order valence-corrected chi connectivity index (χ3v) is 5.18. The molecule has 7 heteroatoms. The second kappa shape index (κ2) is 7.28. The first kappa shape index (κ1) is 17.4. The number of aliphatic imine (C=N–C) groups is 1. The van der Waals surface area contributed by atoms with Crippen LogP contribution in [0, 0.1) is 0 Å². The molecule has 0 aliphatic carbocycles. The summed E-state index contributed by atoms with van der Waals surface area (Å²) in [6.07, 6.45) is 1.74. The molecule has 1 aliphatic heterocycles. The molecule has 0 unspecified atom stereocenters. The Morgan fingerprint density at radius 1 is 1.04 bits per heavy atom. The molecule has 1 aromatic heterocycles. The van der Waals surface area contributed by atoms with Crippen LogP contribution in [0.2, 0.25) is 0 Å². The van der Waals surface area contributed by atoms with E-state index >= 15 is 0 Å². The lowest BCUT2D eigenvalue weighted by atomic mass is 10.1. The van der Waals surface area contributed by atoms with E-state index in [1.54, 1.807) is 27.5 Å². The molecule has 0 radical (unpaired) electrons. The van der Waals surface area contributed by atoms with Crippen molar-refractivity contribution in [2.75, 3.05) is 21.3 Å². The summed E-state index contributed by atoms with van der Waals surface area (Å²) in [5.41, 5.74) is 2.69. The van der Waals surface area contributed by atoms with Gasteiger partial charge in [-0.05, 0) is 30.3 Å².